The van der Waals surface area contributed by atoms with Crippen molar-refractivity contribution in [2.45, 2.75) is 112 Å². The van der Waals surface area contributed by atoms with E-state index in [4.69, 9.17) is 23.7 Å². The molecule has 1 N–H and O–H groups in total. The maximum atomic E-state index is 9.53. The van der Waals surface area contributed by atoms with Gasteiger partial charge >= 0.3 is 0 Å². The quantitative estimate of drug-likeness (QED) is 0.0697. The molecule has 0 aliphatic rings. The van der Waals surface area contributed by atoms with Crippen LogP contribution in [0, 0.1) is 67.7 Å². The van der Waals surface area contributed by atoms with E-state index in [2.05, 4.69) is 93.5 Å². The van der Waals surface area contributed by atoms with Gasteiger partial charge < -0.3 is 84.2 Å². The summed E-state index contributed by atoms with van der Waals surface area (Å²) in [4.78, 5) is 0. The van der Waals surface area contributed by atoms with Crippen molar-refractivity contribution in [2.75, 3.05) is 26.4 Å². The molecule has 0 amide bonds. The van der Waals surface area contributed by atoms with Crippen LogP contribution in [0.25, 0.3) is 0 Å². The zero-order valence-corrected chi connectivity index (χ0v) is 71.4. The van der Waals surface area contributed by atoms with Crippen LogP contribution in [-0.2, 0) is 262 Å². The Morgan fingerprint density at radius 2 is 0.829 bits per heavy atom. The van der Waals surface area contributed by atoms with Crippen molar-refractivity contribution in [3.63, 3.8) is 0 Å². The van der Waals surface area contributed by atoms with E-state index in [0.29, 0.717) is 44.7 Å². The Morgan fingerprint density at radius 1 is 0.487 bits per heavy atom. The van der Waals surface area contributed by atoms with Gasteiger partial charge in [0.1, 0.15) is 28.7 Å². The van der Waals surface area contributed by atoms with Crippen molar-refractivity contribution in [1.29, 1.82) is 0 Å². The maximum absolute atomic E-state index is 9.53. The minimum absolute atomic E-state index is 0. The Kier molecular flexibility index (Phi) is 89.0. The molecule has 0 saturated carbocycles. The Balaban J connectivity index is -0.0000000867. The SMILES string of the molecule is C.[CH2-]CCc1ccccc1OC([CH2-])C.[CH2-]CCc1ccccc1OC[CH-]C.[CH2-]COc1ccccc1C(C)C[CH2-].[CH2-]COc1ccccc1CC(O)CC.[CH2-]COc1ccccc1CC([CH2-])C.[W].[W].[W].[W].[W].[Y].[Y].[Y].[Y]. The summed E-state index contributed by atoms with van der Waals surface area (Å²) in [5, 5.41) is 9.53. The van der Waals surface area contributed by atoms with Crippen LogP contribution in [-0.4, -0.2) is 43.7 Å². The molecule has 0 aliphatic heterocycles. The molecule has 0 aliphatic carbocycles. The van der Waals surface area contributed by atoms with Crippen LogP contribution >= 0.6 is 0 Å². The van der Waals surface area contributed by atoms with Gasteiger partial charge in [0.25, 0.3) is 0 Å². The van der Waals surface area contributed by atoms with Gasteiger partial charge in [-0.1, -0.05) is 139 Å². The van der Waals surface area contributed by atoms with Crippen LogP contribution in [0.2, 0.25) is 0 Å². The first-order valence-corrected chi connectivity index (χ1v) is 23.4. The molecule has 416 valence electrons. The second kappa shape index (κ2) is 67.0. The van der Waals surface area contributed by atoms with Crippen molar-refractivity contribution < 1.29 is 265 Å². The predicted octanol–water partition coefficient (Wildman–Crippen LogP) is 15.1. The predicted molar refractivity (Wildman–Crippen MR) is 286 cm³/mol. The Hall–Kier alpha value is 2.92. The monoisotopic (exact) mass is 2190 g/mol. The van der Waals surface area contributed by atoms with E-state index in [0.717, 1.165) is 79.3 Å². The molecular weight excluding hydrogens is 2100 g/mol. The Morgan fingerprint density at radius 3 is 1.20 bits per heavy atom. The normalized spacial score (nSPS) is 10.4. The van der Waals surface area contributed by atoms with Crippen LogP contribution in [0.5, 0.6) is 28.7 Å². The fourth-order valence-corrected chi connectivity index (χ4v) is 6.35. The van der Waals surface area contributed by atoms with Gasteiger partial charge in [0.05, 0.1) is 6.10 Å². The molecule has 15 heteroatoms. The Bertz CT molecular complexity index is 1910. The molecule has 5 aromatic carbocycles. The number of para-hydroxylation sites is 5. The minimum Gasteiger partial charge on any atom is -0.525 e. The number of aliphatic hydroxyl groups is 1. The van der Waals surface area contributed by atoms with Crippen LogP contribution in [0.3, 0.4) is 0 Å². The number of hydrogen-bond donors (Lipinski definition) is 1. The van der Waals surface area contributed by atoms with E-state index in [1.165, 1.54) is 22.3 Å². The average molecular weight is 2190 g/mol. The number of aliphatic hydroxyl groups excluding tert-OH is 1. The van der Waals surface area contributed by atoms with Gasteiger partial charge in [-0.05, 0) is 109 Å². The molecule has 4 unspecified atom stereocenters. The van der Waals surface area contributed by atoms with Gasteiger partial charge in [-0.15, -0.1) is 0 Å². The molecule has 4 atom stereocenters. The fourth-order valence-electron chi connectivity index (χ4n) is 6.35. The molecule has 4 radical (unpaired) electrons. The third kappa shape index (κ3) is 47.2. The number of benzene rings is 5. The van der Waals surface area contributed by atoms with Gasteiger partial charge in [0, 0.05) is 243 Å². The minimum atomic E-state index is -0.287. The average Bonchev–Trinajstić information content (AvgIpc) is 3.31. The van der Waals surface area contributed by atoms with E-state index in [-0.39, 0.29) is 256 Å². The van der Waals surface area contributed by atoms with Gasteiger partial charge in [-0.25, -0.2) is 0 Å². The third-order valence-electron chi connectivity index (χ3n) is 9.67. The summed E-state index contributed by atoms with van der Waals surface area (Å²) in [6.45, 7) is 42.5. The smallest absolute Gasteiger partial charge is 0.118 e. The summed E-state index contributed by atoms with van der Waals surface area (Å²) in [5.41, 5.74) is 5.95. The molecule has 0 spiro atoms. The van der Waals surface area contributed by atoms with E-state index in [1.807, 2.05) is 124 Å². The van der Waals surface area contributed by atoms with E-state index in [1.54, 1.807) is 0 Å². The molecule has 6 nitrogen and oxygen atoms in total. The first-order valence-electron chi connectivity index (χ1n) is 23.4. The zero-order chi connectivity index (χ0) is 49.0. The topological polar surface area (TPSA) is 66.4 Å². The van der Waals surface area contributed by atoms with Gasteiger partial charge in [0.2, 0.25) is 0 Å². The van der Waals surface area contributed by atoms with Crippen molar-refractivity contribution in [3.8, 4) is 28.7 Å². The van der Waals surface area contributed by atoms with E-state index >= 15 is 0 Å². The number of ether oxygens (including phenoxy) is 5. The Labute approximate surface area is 638 Å². The van der Waals surface area contributed by atoms with Crippen molar-refractivity contribution in [2.24, 2.45) is 5.92 Å². The molecular formula is C61H85O6W5Y4-9. The van der Waals surface area contributed by atoms with Crippen LogP contribution < -0.4 is 23.7 Å². The molecule has 0 fully saturated rings. The summed E-state index contributed by atoms with van der Waals surface area (Å²) in [6, 6.07) is 40.1. The summed E-state index contributed by atoms with van der Waals surface area (Å²) < 4.78 is 27.3. The maximum Gasteiger partial charge on any atom is 0.118 e. The summed E-state index contributed by atoms with van der Waals surface area (Å²) in [6.07, 6.45) is 8.71. The van der Waals surface area contributed by atoms with E-state index in [9.17, 15) is 5.11 Å². The first-order chi connectivity index (χ1) is 31.9. The molecule has 5 rings (SSSR count). The largest absolute Gasteiger partial charge is 0.525 e. The van der Waals surface area contributed by atoms with E-state index < -0.39 is 0 Å². The van der Waals surface area contributed by atoms with Crippen LogP contribution in [0.1, 0.15) is 101 Å². The second-order valence-corrected chi connectivity index (χ2v) is 15.6. The fraction of sp³-hybridized carbons (Fsp3) is 0.361. The first kappa shape index (κ1) is 101. The van der Waals surface area contributed by atoms with Crippen molar-refractivity contribution in [1.82, 2.24) is 0 Å². The van der Waals surface area contributed by atoms with Gasteiger partial charge in [-0.2, -0.15) is 32.1 Å². The van der Waals surface area contributed by atoms with Crippen LogP contribution in [0.4, 0.5) is 0 Å². The molecule has 0 saturated heterocycles. The summed E-state index contributed by atoms with van der Waals surface area (Å²) in [7, 11) is 0. The summed E-state index contributed by atoms with van der Waals surface area (Å²) >= 11 is 0. The van der Waals surface area contributed by atoms with Crippen LogP contribution in [0.15, 0.2) is 121 Å². The number of hydrogen-bond acceptors (Lipinski definition) is 6. The summed E-state index contributed by atoms with van der Waals surface area (Å²) in [5.74, 6) is 5.49. The third-order valence-corrected chi connectivity index (χ3v) is 9.67. The van der Waals surface area contributed by atoms with Crippen molar-refractivity contribution in [3.05, 3.63) is 211 Å². The standard InChI is InChI=1S/C12H17O2.4C12H16O.CH4.5W.4Y/c1-3-11(13)9-10-7-5-6-8-12(10)14-4-2;1-4-13-12-8-6-5-7-11(12)9-10(2)3;1-4-7-11-8-5-6-9-12(11)13-10(2)3;1-4-10(3)11-8-6-7-9-12(11)13-5-2;1-3-7-11-8-5-6-9-12(11)13-10-4-2;;;;;;;;;;/h5-8,11,13H,2-4,9H2,1H3;5-8,10H,1-2,4,9H2,3H3;5-6,8-10H,1-2,4,7H2,3H3;6-10H,1-2,4-5H2,3H3;4-6,8-9H,1,3,7,10H2,2H3;1H4;;;;;;;;;/q-1;4*-2;;;;;;;;;;. The molecule has 0 bridgehead atoms. The molecule has 0 aromatic heterocycles. The van der Waals surface area contributed by atoms with Gasteiger partial charge in [0.15, 0.2) is 0 Å². The molecule has 0 heterocycles. The zero-order valence-electron chi connectivity index (χ0n) is 45.4. The molecule has 76 heavy (non-hydrogen) atoms. The molecule has 5 aromatic rings. The number of rotatable bonds is 22. The van der Waals surface area contributed by atoms with Crippen molar-refractivity contribution >= 4 is 0 Å². The second-order valence-electron chi connectivity index (χ2n) is 15.6. The number of aryl methyl sites for hydroxylation is 2. The van der Waals surface area contributed by atoms with Gasteiger partial charge in [-0.3, -0.25) is 6.42 Å².